The minimum atomic E-state index is -0.969. The molecule has 1 saturated heterocycles. The van der Waals surface area contributed by atoms with Crippen LogP contribution in [0, 0.1) is 0 Å². The molecule has 1 aliphatic rings. The molecule has 6 nitrogen and oxygen atoms in total. The Morgan fingerprint density at radius 3 is 2.79 bits per heavy atom. The molecule has 1 aliphatic heterocycles. The Kier molecular flexibility index (Phi) is 6.62. The van der Waals surface area contributed by atoms with Gasteiger partial charge in [-0.25, -0.2) is 9.59 Å². The number of carbonyl (C=O) groups excluding carboxylic acids is 1. The third-order valence-corrected chi connectivity index (χ3v) is 3.40. The molecule has 2 N–H and O–H groups in total. The number of morpholine rings is 1. The third kappa shape index (κ3) is 4.70. The largest absolute Gasteiger partial charge is 0.480 e. The lowest BCUT2D eigenvalue weighted by Crippen LogP contribution is -2.55. The van der Waals surface area contributed by atoms with Gasteiger partial charge in [-0.3, -0.25) is 0 Å². The van der Waals surface area contributed by atoms with Crippen molar-refractivity contribution < 1.29 is 19.4 Å². The zero-order chi connectivity index (χ0) is 14.3. The molecule has 0 aliphatic carbocycles. The summed E-state index contributed by atoms with van der Waals surface area (Å²) in [7, 11) is 0. The topological polar surface area (TPSA) is 78.9 Å². The number of ether oxygens (including phenoxy) is 1. The van der Waals surface area contributed by atoms with Crippen LogP contribution in [0.5, 0.6) is 0 Å². The van der Waals surface area contributed by atoms with Gasteiger partial charge in [0.15, 0.2) is 0 Å². The number of carbonyl (C=O) groups is 2. The van der Waals surface area contributed by atoms with Crippen LogP contribution in [0.4, 0.5) is 4.79 Å². The molecule has 6 heteroatoms. The number of nitrogens with zero attached hydrogens (tertiary/aromatic N) is 1. The van der Waals surface area contributed by atoms with Gasteiger partial charge < -0.3 is 20.1 Å². The quantitative estimate of drug-likeness (QED) is 0.767. The van der Waals surface area contributed by atoms with Crippen LogP contribution in [-0.4, -0.2) is 53.8 Å². The number of amides is 2. The minimum absolute atomic E-state index is 0.0365. The van der Waals surface area contributed by atoms with E-state index in [1.165, 1.54) is 0 Å². The first kappa shape index (κ1) is 15.8. The fourth-order valence-electron chi connectivity index (χ4n) is 2.16. The summed E-state index contributed by atoms with van der Waals surface area (Å²) in [5, 5.41) is 11.7. The van der Waals surface area contributed by atoms with Gasteiger partial charge in [0, 0.05) is 6.54 Å². The van der Waals surface area contributed by atoms with E-state index in [4.69, 9.17) is 9.84 Å². The van der Waals surface area contributed by atoms with Gasteiger partial charge in [-0.05, 0) is 12.8 Å². The molecule has 0 aromatic rings. The average molecular weight is 272 g/mol. The van der Waals surface area contributed by atoms with Crippen LogP contribution in [0.2, 0.25) is 0 Å². The Balaban J connectivity index is 2.56. The standard InChI is InChI=1S/C13H24N2O4/c1-3-5-6-11(12(16)17)14-13(18)15-7-8-19-9-10(15)4-2/h10-11H,3-9H2,1-2H3,(H,14,18)(H,16,17)/t10?,11-/m0/s1. The van der Waals surface area contributed by atoms with Gasteiger partial charge in [0.1, 0.15) is 6.04 Å². The molecule has 1 fully saturated rings. The SMILES string of the molecule is CCCC[C@H](NC(=O)N1CCOCC1CC)C(=O)O. The Labute approximate surface area is 114 Å². The number of carboxylic acids is 1. The van der Waals surface area contributed by atoms with Crippen molar-refractivity contribution in [1.29, 1.82) is 0 Å². The lowest BCUT2D eigenvalue weighted by atomic mass is 10.1. The van der Waals surface area contributed by atoms with Gasteiger partial charge in [0.25, 0.3) is 0 Å². The molecule has 0 spiro atoms. The van der Waals surface area contributed by atoms with Crippen molar-refractivity contribution in [3.63, 3.8) is 0 Å². The van der Waals surface area contributed by atoms with Crippen molar-refractivity contribution >= 4 is 12.0 Å². The van der Waals surface area contributed by atoms with E-state index >= 15 is 0 Å². The molecule has 0 aromatic carbocycles. The summed E-state index contributed by atoms with van der Waals surface area (Å²) < 4.78 is 5.33. The van der Waals surface area contributed by atoms with E-state index < -0.39 is 12.0 Å². The number of rotatable bonds is 6. The highest BCUT2D eigenvalue weighted by atomic mass is 16.5. The van der Waals surface area contributed by atoms with Gasteiger partial charge in [0.2, 0.25) is 0 Å². The van der Waals surface area contributed by atoms with Crippen molar-refractivity contribution in [3.8, 4) is 0 Å². The minimum Gasteiger partial charge on any atom is -0.480 e. The third-order valence-electron chi connectivity index (χ3n) is 3.40. The van der Waals surface area contributed by atoms with E-state index in [1.807, 2.05) is 13.8 Å². The lowest BCUT2D eigenvalue weighted by Gasteiger charge is -2.35. The van der Waals surface area contributed by atoms with E-state index in [-0.39, 0.29) is 12.1 Å². The number of unbranched alkanes of at least 4 members (excludes halogenated alkanes) is 1. The van der Waals surface area contributed by atoms with Crippen LogP contribution < -0.4 is 5.32 Å². The molecule has 1 unspecified atom stereocenters. The number of carboxylic acid groups (broad SMARTS) is 1. The number of nitrogens with one attached hydrogen (secondary N) is 1. The lowest BCUT2D eigenvalue weighted by molar-refractivity contribution is -0.139. The Morgan fingerprint density at radius 2 is 2.21 bits per heavy atom. The Morgan fingerprint density at radius 1 is 1.47 bits per heavy atom. The molecule has 0 radical (unpaired) electrons. The highest BCUT2D eigenvalue weighted by Gasteiger charge is 2.28. The molecule has 19 heavy (non-hydrogen) atoms. The van der Waals surface area contributed by atoms with Crippen molar-refractivity contribution in [3.05, 3.63) is 0 Å². The summed E-state index contributed by atoms with van der Waals surface area (Å²) in [6.45, 7) is 5.54. The normalized spacial score (nSPS) is 20.9. The first-order valence-electron chi connectivity index (χ1n) is 6.97. The van der Waals surface area contributed by atoms with Crippen molar-refractivity contribution in [2.45, 2.75) is 51.6 Å². The number of aliphatic carboxylic acids is 1. The molecule has 0 bridgehead atoms. The molecule has 0 aromatic heterocycles. The first-order chi connectivity index (χ1) is 9.10. The van der Waals surface area contributed by atoms with Crippen LogP contribution >= 0.6 is 0 Å². The van der Waals surface area contributed by atoms with Gasteiger partial charge in [0.05, 0.1) is 19.3 Å². The monoisotopic (exact) mass is 272 g/mol. The number of urea groups is 1. The maximum absolute atomic E-state index is 12.1. The Hall–Kier alpha value is -1.30. The maximum atomic E-state index is 12.1. The van der Waals surface area contributed by atoms with Gasteiger partial charge in [-0.1, -0.05) is 26.7 Å². The zero-order valence-electron chi connectivity index (χ0n) is 11.7. The molecule has 2 atom stereocenters. The van der Waals surface area contributed by atoms with E-state index in [1.54, 1.807) is 4.90 Å². The van der Waals surface area contributed by atoms with Crippen LogP contribution in [0.25, 0.3) is 0 Å². The van der Waals surface area contributed by atoms with Crippen molar-refractivity contribution in [2.75, 3.05) is 19.8 Å². The molecule has 0 saturated carbocycles. The summed E-state index contributed by atoms with van der Waals surface area (Å²) in [6.07, 6.45) is 2.98. The first-order valence-corrected chi connectivity index (χ1v) is 6.97. The van der Waals surface area contributed by atoms with E-state index in [2.05, 4.69) is 5.32 Å². The average Bonchev–Trinajstić information content (AvgIpc) is 2.42. The molecule has 1 heterocycles. The predicted molar refractivity (Wildman–Crippen MR) is 71.1 cm³/mol. The summed E-state index contributed by atoms with van der Waals surface area (Å²) >= 11 is 0. The second-order valence-corrected chi connectivity index (χ2v) is 4.81. The zero-order valence-corrected chi connectivity index (χ0v) is 11.7. The fourth-order valence-corrected chi connectivity index (χ4v) is 2.16. The molecule has 2 amide bonds. The van der Waals surface area contributed by atoms with Crippen LogP contribution in [0.15, 0.2) is 0 Å². The maximum Gasteiger partial charge on any atom is 0.326 e. The summed E-state index contributed by atoms with van der Waals surface area (Å²) in [5.74, 6) is -0.969. The molecular formula is C13H24N2O4. The highest BCUT2D eigenvalue weighted by molar-refractivity contribution is 5.82. The van der Waals surface area contributed by atoms with Gasteiger partial charge >= 0.3 is 12.0 Å². The van der Waals surface area contributed by atoms with E-state index in [9.17, 15) is 9.59 Å². The van der Waals surface area contributed by atoms with Gasteiger partial charge in [-0.15, -0.1) is 0 Å². The second kappa shape index (κ2) is 7.99. The molecule has 110 valence electrons. The van der Waals surface area contributed by atoms with E-state index in [0.29, 0.717) is 26.2 Å². The second-order valence-electron chi connectivity index (χ2n) is 4.81. The molecule has 1 rings (SSSR count). The summed E-state index contributed by atoms with van der Waals surface area (Å²) in [5.41, 5.74) is 0. The fraction of sp³-hybridized carbons (Fsp3) is 0.846. The van der Waals surface area contributed by atoms with Crippen LogP contribution in [-0.2, 0) is 9.53 Å². The van der Waals surface area contributed by atoms with Crippen molar-refractivity contribution in [1.82, 2.24) is 10.2 Å². The highest BCUT2D eigenvalue weighted by Crippen LogP contribution is 2.11. The smallest absolute Gasteiger partial charge is 0.326 e. The van der Waals surface area contributed by atoms with E-state index in [0.717, 1.165) is 19.3 Å². The summed E-state index contributed by atoms with van der Waals surface area (Å²) in [4.78, 5) is 24.9. The Bertz CT molecular complexity index is 309. The summed E-state index contributed by atoms with van der Waals surface area (Å²) in [6, 6.07) is -1.05. The number of hydrogen-bond acceptors (Lipinski definition) is 3. The predicted octanol–water partition coefficient (Wildman–Crippen LogP) is 1.45. The molecular weight excluding hydrogens is 248 g/mol. The van der Waals surface area contributed by atoms with Crippen LogP contribution in [0.3, 0.4) is 0 Å². The van der Waals surface area contributed by atoms with Crippen molar-refractivity contribution in [2.24, 2.45) is 0 Å². The number of hydrogen-bond donors (Lipinski definition) is 2. The van der Waals surface area contributed by atoms with Crippen LogP contribution in [0.1, 0.15) is 39.5 Å². The van der Waals surface area contributed by atoms with Gasteiger partial charge in [-0.2, -0.15) is 0 Å².